The third-order valence-corrected chi connectivity index (χ3v) is 5.53. The highest BCUT2D eigenvalue weighted by atomic mass is 32.2. The number of rotatable bonds is 4. The molecule has 1 atom stereocenters. The minimum Gasteiger partial charge on any atom is -0.362 e. The van der Waals surface area contributed by atoms with Gasteiger partial charge in [-0.05, 0) is 30.2 Å². The predicted molar refractivity (Wildman–Crippen MR) is 101 cm³/mol. The van der Waals surface area contributed by atoms with Crippen LogP contribution < -0.4 is 4.90 Å². The number of hydrogen-bond donors (Lipinski definition) is 1. The van der Waals surface area contributed by atoms with Crippen molar-refractivity contribution >= 4 is 21.2 Å². The molecule has 2 aromatic heterocycles. The van der Waals surface area contributed by atoms with Gasteiger partial charge in [0, 0.05) is 37.2 Å². The second kappa shape index (κ2) is 6.42. The first-order valence-electron chi connectivity index (χ1n) is 7.99. The summed E-state index contributed by atoms with van der Waals surface area (Å²) in [7, 11) is 1.13. The van der Waals surface area contributed by atoms with Gasteiger partial charge in [0.15, 0.2) is 5.65 Å². The molecule has 0 aliphatic heterocycles. The maximum atomic E-state index is 11.9. The molecule has 0 saturated heterocycles. The highest BCUT2D eigenvalue weighted by Crippen LogP contribution is 2.29. The average molecular weight is 368 g/mol. The summed E-state index contributed by atoms with van der Waals surface area (Å²) in [5.41, 5.74) is 3.93. The summed E-state index contributed by atoms with van der Waals surface area (Å²) in [5, 5.41) is 13.9. The number of benzene rings is 1. The molecule has 0 radical (unpaired) electrons. The molecule has 0 spiro atoms. The van der Waals surface area contributed by atoms with E-state index in [0.717, 1.165) is 22.5 Å². The van der Waals surface area contributed by atoms with Gasteiger partial charge in [0.2, 0.25) is 0 Å². The first-order chi connectivity index (χ1) is 12.2. The van der Waals surface area contributed by atoms with Crippen LogP contribution in [0.2, 0.25) is 0 Å². The Balaban J connectivity index is 2.17. The van der Waals surface area contributed by atoms with Gasteiger partial charge in [0.25, 0.3) is 0 Å². The maximum Gasteiger partial charge on any atom is 0.175 e. The van der Waals surface area contributed by atoms with Crippen LogP contribution >= 0.6 is 0 Å². The van der Waals surface area contributed by atoms with Crippen molar-refractivity contribution in [1.82, 2.24) is 14.6 Å². The molecule has 3 rings (SSSR count). The molecule has 0 amide bonds. The van der Waals surface area contributed by atoms with Gasteiger partial charge in [0.1, 0.15) is 23.8 Å². The number of anilines is 1. The number of fused-ring (bicyclic) bond motifs is 1. The molecule has 0 aliphatic rings. The number of hydrogen-bond acceptors (Lipinski definition) is 6. The van der Waals surface area contributed by atoms with E-state index in [0.29, 0.717) is 22.5 Å². The molecule has 0 unspecified atom stereocenters. The van der Waals surface area contributed by atoms with Gasteiger partial charge < -0.3 is 4.90 Å². The fourth-order valence-electron chi connectivity index (χ4n) is 3.06. The van der Waals surface area contributed by atoms with E-state index in [4.69, 9.17) is 4.78 Å². The van der Waals surface area contributed by atoms with Gasteiger partial charge in [-0.25, -0.2) is 14.0 Å². The smallest absolute Gasteiger partial charge is 0.175 e. The number of nitrogens with one attached hydrogen (secondary N) is 1. The number of nitrogens with zero attached hydrogens (tertiary/aromatic N) is 5. The Morgan fingerprint density at radius 3 is 2.50 bits per heavy atom. The van der Waals surface area contributed by atoms with Crippen molar-refractivity contribution in [2.24, 2.45) is 0 Å². The Labute approximate surface area is 152 Å². The third kappa shape index (κ3) is 3.02. The monoisotopic (exact) mass is 368 g/mol. The lowest BCUT2D eigenvalue weighted by molar-refractivity contribution is 0.679. The molecule has 1 N–H and O–H groups in total. The van der Waals surface area contributed by atoms with Crippen LogP contribution in [-0.4, -0.2) is 39.2 Å². The van der Waals surface area contributed by atoms with E-state index in [1.165, 1.54) is 12.6 Å². The molecule has 2 heterocycles. The molecular formula is C18H20N6OS. The van der Waals surface area contributed by atoms with Crippen LogP contribution in [0.15, 0.2) is 35.5 Å². The van der Waals surface area contributed by atoms with Crippen molar-refractivity contribution < 1.29 is 4.21 Å². The quantitative estimate of drug-likeness (QED) is 0.763. The second-order valence-corrected chi connectivity index (χ2v) is 8.63. The molecule has 7 nitrogen and oxygen atoms in total. The Morgan fingerprint density at radius 1 is 1.31 bits per heavy atom. The van der Waals surface area contributed by atoms with Crippen LogP contribution in [0.5, 0.6) is 0 Å². The molecule has 8 heteroatoms. The minimum atomic E-state index is -2.73. The summed E-state index contributed by atoms with van der Waals surface area (Å²) < 4.78 is 21.2. The molecule has 0 bridgehead atoms. The topological polar surface area (TPSA) is 98.1 Å². The Bertz CT molecular complexity index is 1120. The Kier molecular flexibility index (Phi) is 4.42. The van der Waals surface area contributed by atoms with Crippen LogP contribution in [0, 0.1) is 23.0 Å². The first kappa shape index (κ1) is 17.9. The van der Waals surface area contributed by atoms with Crippen molar-refractivity contribution in [2.45, 2.75) is 18.2 Å². The van der Waals surface area contributed by atoms with E-state index in [1.807, 2.05) is 38.1 Å². The van der Waals surface area contributed by atoms with Gasteiger partial charge in [0.05, 0.1) is 9.73 Å². The van der Waals surface area contributed by atoms with Gasteiger partial charge in [-0.1, -0.05) is 12.1 Å². The summed E-state index contributed by atoms with van der Waals surface area (Å²) in [5.74, 6) is 0.873. The fourth-order valence-corrected chi connectivity index (χ4v) is 3.71. The summed E-state index contributed by atoms with van der Waals surface area (Å²) in [6, 6.07) is 9.46. The molecule has 0 saturated carbocycles. The van der Waals surface area contributed by atoms with Crippen molar-refractivity contribution in [3.63, 3.8) is 0 Å². The molecule has 3 aromatic rings. The standard InChI is InChI=1S/C18H20N6OS/c1-12-15(9-13-5-7-14(8-6-13)26(4,20)25)18(23(2)3)24-17(16(12)10-19)21-11-22-24/h5-8,11,20H,9H2,1-4H3/t26-/m0/s1. The number of aromatic nitrogens is 3. The Morgan fingerprint density at radius 2 is 1.96 bits per heavy atom. The van der Waals surface area contributed by atoms with Crippen molar-refractivity contribution in [1.29, 1.82) is 10.0 Å². The highest BCUT2D eigenvalue weighted by molar-refractivity contribution is 7.91. The van der Waals surface area contributed by atoms with E-state index in [-0.39, 0.29) is 0 Å². The van der Waals surface area contributed by atoms with Gasteiger partial charge in [-0.3, -0.25) is 0 Å². The first-order valence-corrected chi connectivity index (χ1v) is 9.96. The van der Waals surface area contributed by atoms with Gasteiger partial charge in [-0.15, -0.1) is 0 Å². The van der Waals surface area contributed by atoms with E-state index < -0.39 is 9.73 Å². The summed E-state index contributed by atoms with van der Waals surface area (Å²) in [6.45, 7) is 1.92. The third-order valence-electron chi connectivity index (χ3n) is 4.36. The largest absolute Gasteiger partial charge is 0.362 e. The normalized spacial score (nSPS) is 13.3. The molecule has 1 aromatic carbocycles. The molecule has 26 heavy (non-hydrogen) atoms. The van der Waals surface area contributed by atoms with Gasteiger partial charge in [-0.2, -0.15) is 14.9 Å². The SMILES string of the molecule is Cc1c(Cc2ccc([S@@](C)(=N)=O)cc2)c(N(C)C)n2ncnc2c1C#N. The maximum absolute atomic E-state index is 11.9. The number of pyridine rings is 1. The van der Waals surface area contributed by atoms with E-state index in [9.17, 15) is 9.47 Å². The Hall–Kier alpha value is -2.92. The molecule has 0 aliphatic carbocycles. The number of nitriles is 1. The zero-order valence-electron chi connectivity index (χ0n) is 15.1. The van der Waals surface area contributed by atoms with Crippen LogP contribution in [0.1, 0.15) is 22.3 Å². The van der Waals surface area contributed by atoms with Crippen LogP contribution in [-0.2, 0) is 16.1 Å². The summed E-state index contributed by atoms with van der Waals surface area (Å²) in [6.07, 6.45) is 3.45. The zero-order chi connectivity index (χ0) is 19.1. The minimum absolute atomic E-state index is 0.509. The van der Waals surface area contributed by atoms with E-state index >= 15 is 0 Å². The van der Waals surface area contributed by atoms with Crippen molar-refractivity contribution in [3.05, 3.63) is 52.8 Å². The predicted octanol–water partition coefficient (Wildman–Crippen LogP) is 2.60. The lowest BCUT2D eigenvalue weighted by Crippen LogP contribution is -2.18. The fraction of sp³-hybridized carbons (Fsp3) is 0.278. The van der Waals surface area contributed by atoms with E-state index in [1.54, 1.807) is 16.6 Å². The molecule has 134 valence electrons. The zero-order valence-corrected chi connectivity index (χ0v) is 16.0. The van der Waals surface area contributed by atoms with Crippen LogP contribution in [0.3, 0.4) is 0 Å². The second-order valence-electron chi connectivity index (χ2n) is 6.47. The lowest BCUT2D eigenvalue weighted by atomic mass is 9.98. The van der Waals surface area contributed by atoms with Crippen LogP contribution in [0.4, 0.5) is 5.82 Å². The van der Waals surface area contributed by atoms with E-state index in [2.05, 4.69) is 16.2 Å². The van der Waals surface area contributed by atoms with Gasteiger partial charge >= 0.3 is 0 Å². The summed E-state index contributed by atoms with van der Waals surface area (Å²) in [4.78, 5) is 6.70. The molecule has 0 fully saturated rings. The lowest BCUT2D eigenvalue weighted by Gasteiger charge is -2.21. The summed E-state index contributed by atoms with van der Waals surface area (Å²) >= 11 is 0. The highest BCUT2D eigenvalue weighted by Gasteiger charge is 2.20. The van der Waals surface area contributed by atoms with Crippen molar-refractivity contribution in [2.75, 3.05) is 25.3 Å². The van der Waals surface area contributed by atoms with Crippen molar-refractivity contribution in [3.8, 4) is 6.07 Å². The van der Waals surface area contributed by atoms with Crippen LogP contribution in [0.25, 0.3) is 5.65 Å². The average Bonchev–Trinajstić information content (AvgIpc) is 3.03. The molecular weight excluding hydrogens is 348 g/mol.